The van der Waals surface area contributed by atoms with E-state index in [4.69, 9.17) is 4.74 Å². The van der Waals surface area contributed by atoms with Gasteiger partial charge in [-0.1, -0.05) is 19.9 Å². The quantitative estimate of drug-likeness (QED) is 0.491. The van der Waals surface area contributed by atoms with E-state index in [1.54, 1.807) is 26.0 Å². The van der Waals surface area contributed by atoms with Crippen LogP contribution in [0.4, 0.5) is 8.78 Å². The summed E-state index contributed by atoms with van der Waals surface area (Å²) in [6.07, 6.45) is 0.755. The molecule has 0 fully saturated rings. The summed E-state index contributed by atoms with van der Waals surface area (Å²) in [5.41, 5.74) is 0.290. The highest BCUT2D eigenvalue weighted by atomic mass is 19.2. The van der Waals surface area contributed by atoms with E-state index in [0.29, 0.717) is 36.0 Å². The maximum Gasteiger partial charge on any atom is 0.309 e. The Morgan fingerprint density at radius 2 is 1.85 bits per heavy atom. The number of hydrogen-bond donors (Lipinski definition) is 2. The third-order valence-electron chi connectivity index (χ3n) is 6.86. The zero-order valence-corrected chi connectivity index (χ0v) is 19.5. The Morgan fingerprint density at radius 1 is 1.15 bits per heavy atom. The summed E-state index contributed by atoms with van der Waals surface area (Å²) < 4.78 is 36.2. The maximum atomic E-state index is 14.2. The molecular formula is C26H29F2NO4. The number of carboxylic acid groups (broad SMARTS) is 1. The van der Waals surface area contributed by atoms with Crippen LogP contribution in [0.1, 0.15) is 58.7 Å². The summed E-state index contributed by atoms with van der Waals surface area (Å²) in [7, 11) is 0. The van der Waals surface area contributed by atoms with Crippen LogP contribution in [-0.4, -0.2) is 27.4 Å². The molecule has 0 amide bonds. The number of aromatic hydroxyl groups is 1. The smallest absolute Gasteiger partial charge is 0.309 e. The highest BCUT2D eigenvalue weighted by molar-refractivity contribution is 5.94. The minimum atomic E-state index is -0.959. The SMILES string of the molecule is CC(C)(CC[C@@]1(C)OCC(C)(C)c2c1c1c(O)cccc1n2-c1ccc(F)c(F)c1)C(=O)O. The number of halogens is 2. The van der Waals surface area contributed by atoms with Crippen LogP contribution in [0.25, 0.3) is 16.6 Å². The van der Waals surface area contributed by atoms with Gasteiger partial charge in [0, 0.05) is 33.8 Å². The third-order valence-corrected chi connectivity index (χ3v) is 6.86. The molecule has 7 heteroatoms. The molecule has 0 aliphatic carbocycles. The fraction of sp³-hybridized carbons (Fsp3) is 0.423. The lowest BCUT2D eigenvalue weighted by molar-refractivity contribution is -0.148. The number of benzene rings is 2. The van der Waals surface area contributed by atoms with Crippen molar-refractivity contribution in [2.45, 2.75) is 58.5 Å². The monoisotopic (exact) mass is 457 g/mol. The molecular weight excluding hydrogens is 428 g/mol. The number of phenols is 1. The van der Waals surface area contributed by atoms with Crippen molar-refractivity contribution < 1.29 is 28.5 Å². The second-order valence-electron chi connectivity index (χ2n) is 10.4. The summed E-state index contributed by atoms with van der Waals surface area (Å²) in [5.74, 6) is -2.74. The van der Waals surface area contributed by atoms with Crippen LogP contribution < -0.4 is 0 Å². The van der Waals surface area contributed by atoms with Gasteiger partial charge in [-0.15, -0.1) is 0 Å². The van der Waals surface area contributed by atoms with E-state index >= 15 is 0 Å². The first-order valence-electron chi connectivity index (χ1n) is 11.0. The molecule has 0 radical (unpaired) electrons. The Labute approximate surface area is 191 Å². The van der Waals surface area contributed by atoms with E-state index < -0.39 is 34.0 Å². The number of hydrogen-bond acceptors (Lipinski definition) is 3. The number of carbonyl (C=O) groups is 1. The van der Waals surface area contributed by atoms with Crippen molar-refractivity contribution in [2.75, 3.05) is 6.61 Å². The molecule has 2 N–H and O–H groups in total. The van der Waals surface area contributed by atoms with Crippen LogP contribution in [0.5, 0.6) is 5.75 Å². The zero-order chi connectivity index (χ0) is 24.3. The van der Waals surface area contributed by atoms with E-state index in [9.17, 15) is 23.8 Å². The third kappa shape index (κ3) is 3.68. The minimum absolute atomic E-state index is 0.0510. The van der Waals surface area contributed by atoms with E-state index in [1.807, 2.05) is 31.4 Å². The first kappa shape index (κ1) is 23.2. The number of phenolic OH excluding ortho intramolecular Hbond substituents is 1. The molecule has 5 nitrogen and oxygen atoms in total. The largest absolute Gasteiger partial charge is 0.507 e. The molecule has 3 aromatic rings. The number of aromatic nitrogens is 1. The highest BCUT2D eigenvalue weighted by Crippen LogP contribution is 2.52. The van der Waals surface area contributed by atoms with Crippen LogP contribution in [-0.2, 0) is 20.5 Å². The second kappa shape index (κ2) is 7.55. The molecule has 0 saturated carbocycles. The Hall–Kier alpha value is -2.93. The maximum absolute atomic E-state index is 14.2. The van der Waals surface area contributed by atoms with Gasteiger partial charge in [0.2, 0.25) is 0 Å². The topological polar surface area (TPSA) is 71.7 Å². The van der Waals surface area contributed by atoms with Gasteiger partial charge in [0.1, 0.15) is 5.75 Å². The van der Waals surface area contributed by atoms with Gasteiger partial charge in [-0.2, -0.15) is 0 Å². The molecule has 2 aromatic carbocycles. The van der Waals surface area contributed by atoms with Crippen LogP contribution in [0.3, 0.4) is 0 Å². The van der Waals surface area contributed by atoms with Crippen molar-refractivity contribution >= 4 is 16.9 Å². The van der Waals surface area contributed by atoms with Crippen molar-refractivity contribution in [1.82, 2.24) is 4.57 Å². The van der Waals surface area contributed by atoms with Crippen molar-refractivity contribution in [1.29, 1.82) is 0 Å². The van der Waals surface area contributed by atoms with Gasteiger partial charge in [-0.05, 0) is 57.9 Å². The predicted molar refractivity (Wildman–Crippen MR) is 122 cm³/mol. The average molecular weight is 458 g/mol. The number of carboxylic acids is 1. The molecule has 2 heterocycles. The molecule has 1 aromatic heterocycles. The number of rotatable bonds is 5. The number of fused-ring (bicyclic) bond motifs is 3. The van der Waals surface area contributed by atoms with Gasteiger partial charge in [0.25, 0.3) is 0 Å². The summed E-state index contributed by atoms with van der Waals surface area (Å²) in [6, 6.07) is 8.87. The molecule has 0 bridgehead atoms. The summed E-state index contributed by atoms with van der Waals surface area (Å²) in [5, 5.41) is 21.1. The molecule has 0 unspecified atom stereocenters. The van der Waals surface area contributed by atoms with Crippen LogP contribution in [0.2, 0.25) is 0 Å². The number of aliphatic carboxylic acids is 1. The average Bonchev–Trinajstić information content (AvgIpc) is 3.11. The number of ether oxygens (including phenoxy) is 1. The molecule has 33 heavy (non-hydrogen) atoms. The number of nitrogens with zero attached hydrogens (tertiary/aromatic N) is 1. The van der Waals surface area contributed by atoms with E-state index in [1.165, 1.54) is 6.07 Å². The van der Waals surface area contributed by atoms with Crippen molar-refractivity contribution in [3.63, 3.8) is 0 Å². The van der Waals surface area contributed by atoms with Crippen molar-refractivity contribution in [3.8, 4) is 11.4 Å². The predicted octanol–water partition coefficient (Wildman–Crippen LogP) is 6.03. The van der Waals surface area contributed by atoms with Crippen molar-refractivity contribution in [2.24, 2.45) is 5.41 Å². The summed E-state index contributed by atoms with van der Waals surface area (Å²) in [6.45, 7) is 9.59. The lowest BCUT2D eigenvalue weighted by atomic mass is 9.74. The van der Waals surface area contributed by atoms with Gasteiger partial charge in [-0.3, -0.25) is 4.79 Å². The zero-order valence-electron chi connectivity index (χ0n) is 19.5. The Kier molecular flexibility index (Phi) is 5.32. The second-order valence-corrected chi connectivity index (χ2v) is 10.4. The van der Waals surface area contributed by atoms with Gasteiger partial charge in [0.05, 0.1) is 23.1 Å². The first-order valence-corrected chi connectivity index (χ1v) is 11.0. The van der Waals surface area contributed by atoms with Gasteiger partial charge >= 0.3 is 5.97 Å². The van der Waals surface area contributed by atoms with Crippen LogP contribution in [0.15, 0.2) is 36.4 Å². The lowest BCUT2D eigenvalue weighted by Crippen LogP contribution is -2.43. The van der Waals surface area contributed by atoms with Gasteiger partial charge in [-0.25, -0.2) is 8.78 Å². The molecule has 4 rings (SSSR count). The van der Waals surface area contributed by atoms with Crippen LogP contribution in [0, 0.1) is 17.0 Å². The normalized spacial score (nSPS) is 20.1. The minimum Gasteiger partial charge on any atom is -0.507 e. The Morgan fingerprint density at radius 3 is 2.48 bits per heavy atom. The Bertz CT molecular complexity index is 1260. The van der Waals surface area contributed by atoms with Crippen LogP contribution >= 0.6 is 0 Å². The molecule has 176 valence electrons. The molecule has 0 spiro atoms. The lowest BCUT2D eigenvalue weighted by Gasteiger charge is -2.43. The fourth-order valence-electron chi connectivity index (χ4n) is 4.71. The molecule has 0 saturated heterocycles. The van der Waals surface area contributed by atoms with E-state index in [0.717, 1.165) is 23.4 Å². The van der Waals surface area contributed by atoms with Gasteiger partial charge < -0.3 is 19.5 Å². The molecule has 1 aliphatic heterocycles. The van der Waals surface area contributed by atoms with E-state index in [2.05, 4.69) is 0 Å². The van der Waals surface area contributed by atoms with E-state index in [-0.39, 0.29) is 5.75 Å². The van der Waals surface area contributed by atoms with Gasteiger partial charge in [0.15, 0.2) is 11.6 Å². The highest BCUT2D eigenvalue weighted by Gasteiger charge is 2.47. The summed E-state index contributed by atoms with van der Waals surface area (Å²) >= 11 is 0. The fourth-order valence-corrected chi connectivity index (χ4v) is 4.71. The molecule has 1 aliphatic rings. The Balaban J connectivity index is 2.03. The standard InChI is InChI=1S/C26H29F2NO4/c1-24(2,23(31)32)11-12-26(5)21-20-18(7-6-8-19(20)30)29(22(21)25(3,4)14-33-26)15-9-10-16(27)17(28)13-15/h6-10,13,30H,11-12,14H2,1-5H3,(H,31,32)/t26-/m1/s1. The first-order chi connectivity index (χ1) is 15.3. The molecule has 1 atom stereocenters. The van der Waals surface area contributed by atoms with Crippen molar-refractivity contribution in [3.05, 3.63) is 59.3 Å². The summed E-state index contributed by atoms with van der Waals surface area (Å²) in [4.78, 5) is 11.7.